The SMILES string of the molecule is Cc1nc(C(=O)N[C@@H]2CC[C@@H](n3ccnc3C)[C@@H]2O)co1. The third kappa shape index (κ3) is 2.56. The highest BCUT2D eigenvalue weighted by atomic mass is 16.3. The van der Waals surface area contributed by atoms with Gasteiger partial charge < -0.3 is 19.4 Å². The lowest BCUT2D eigenvalue weighted by molar-refractivity contribution is 0.0807. The van der Waals surface area contributed by atoms with Crippen LogP contribution in [0.3, 0.4) is 0 Å². The van der Waals surface area contributed by atoms with Crippen molar-refractivity contribution in [2.24, 2.45) is 0 Å². The van der Waals surface area contributed by atoms with Crippen LogP contribution in [0.2, 0.25) is 0 Å². The van der Waals surface area contributed by atoms with E-state index >= 15 is 0 Å². The van der Waals surface area contributed by atoms with E-state index in [-0.39, 0.29) is 23.7 Å². The van der Waals surface area contributed by atoms with E-state index in [4.69, 9.17) is 4.42 Å². The maximum Gasteiger partial charge on any atom is 0.273 e. The summed E-state index contributed by atoms with van der Waals surface area (Å²) in [7, 11) is 0. The molecule has 0 bridgehead atoms. The van der Waals surface area contributed by atoms with Crippen LogP contribution in [0.4, 0.5) is 0 Å². The number of aliphatic hydroxyl groups excluding tert-OH is 1. The Kier molecular flexibility index (Phi) is 3.50. The average molecular weight is 290 g/mol. The molecule has 112 valence electrons. The number of aliphatic hydroxyl groups is 1. The first kappa shape index (κ1) is 13.8. The number of amides is 1. The van der Waals surface area contributed by atoms with Gasteiger partial charge in [-0.25, -0.2) is 9.97 Å². The van der Waals surface area contributed by atoms with E-state index in [1.807, 2.05) is 17.7 Å². The van der Waals surface area contributed by atoms with Crippen LogP contribution in [0.5, 0.6) is 0 Å². The molecule has 1 aliphatic carbocycles. The number of carbonyl (C=O) groups excluding carboxylic acids is 1. The number of aromatic nitrogens is 3. The fraction of sp³-hybridized carbons (Fsp3) is 0.500. The molecular formula is C14H18N4O3. The first-order valence-electron chi connectivity index (χ1n) is 6.97. The predicted molar refractivity (Wildman–Crippen MR) is 73.7 cm³/mol. The van der Waals surface area contributed by atoms with E-state index in [2.05, 4.69) is 15.3 Å². The second-order valence-electron chi connectivity index (χ2n) is 5.35. The van der Waals surface area contributed by atoms with E-state index < -0.39 is 6.10 Å². The van der Waals surface area contributed by atoms with Crippen molar-refractivity contribution in [1.82, 2.24) is 19.9 Å². The Bertz CT molecular complexity index is 648. The summed E-state index contributed by atoms with van der Waals surface area (Å²) in [6, 6.07) is -0.349. The third-order valence-corrected chi connectivity index (χ3v) is 3.97. The monoisotopic (exact) mass is 290 g/mol. The van der Waals surface area contributed by atoms with Crippen LogP contribution >= 0.6 is 0 Å². The summed E-state index contributed by atoms with van der Waals surface area (Å²) in [5.41, 5.74) is 0.238. The minimum absolute atomic E-state index is 0.0585. The first-order valence-corrected chi connectivity index (χ1v) is 6.97. The highest BCUT2D eigenvalue weighted by Gasteiger charge is 2.37. The molecule has 1 aliphatic rings. The van der Waals surface area contributed by atoms with Crippen molar-refractivity contribution in [3.8, 4) is 0 Å². The van der Waals surface area contributed by atoms with Gasteiger partial charge in [0.1, 0.15) is 12.1 Å². The van der Waals surface area contributed by atoms with Gasteiger partial charge >= 0.3 is 0 Å². The molecule has 0 unspecified atom stereocenters. The van der Waals surface area contributed by atoms with Crippen LogP contribution in [-0.2, 0) is 0 Å². The zero-order valence-electron chi connectivity index (χ0n) is 12.0. The number of oxazole rings is 1. The lowest BCUT2D eigenvalue weighted by Crippen LogP contribution is -2.42. The standard InChI is InChI=1S/C14H18N4O3/c1-8-15-5-6-18(8)12-4-3-10(13(12)19)17-14(20)11-7-21-9(2)16-11/h5-7,10,12-13,19H,3-4H2,1-2H3,(H,17,20)/t10-,12-,13-/m1/s1. The molecule has 1 amide bonds. The fourth-order valence-corrected chi connectivity index (χ4v) is 2.87. The van der Waals surface area contributed by atoms with Crippen molar-refractivity contribution < 1.29 is 14.3 Å². The molecule has 3 rings (SSSR count). The first-order chi connectivity index (χ1) is 10.1. The minimum Gasteiger partial charge on any atom is -0.448 e. The minimum atomic E-state index is -0.644. The van der Waals surface area contributed by atoms with Crippen LogP contribution in [0.1, 0.15) is 41.1 Å². The molecule has 3 atom stereocenters. The summed E-state index contributed by atoms with van der Waals surface area (Å²) in [5.74, 6) is 0.982. The van der Waals surface area contributed by atoms with Gasteiger partial charge in [0.15, 0.2) is 11.6 Å². The highest BCUT2D eigenvalue weighted by Crippen LogP contribution is 2.31. The van der Waals surface area contributed by atoms with Crippen molar-refractivity contribution in [2.75, 3.05) is 0 Å². The second-order valence-corrected chi connectivity index (χ2v) is 5.35. The summed E-state index contributed by atoms with van der Waals surface area (Å²) in [6.45, 7) is 3.58. The second kappa shape index (κ2) is 5.33. The van der Waals surface area contributed by atoms with Crippen molar-refractivity contribution in [3.63, 3.8) is 0 Å². The molecule has 21 heavy (non-hydrogen) atoms. The summed E-state index contributed by atoms with van der Waals surface area (Å²) in [5, 5.41) is 13.3. The van der Waals surface area contributed by atoms with Gasteiger partial charge in [-0.05, 0) is 19.8 Å². The van der Waals surface area contributed by atoms with E-state index in [9.17, 15) is 9.90 Å². The molecule has 0 radical (unpaired) electrons. The summed E-state index contributed by atoms with van der Waals surface area (Å²) < 4.78 is 6.98. The number of rotatable bonds is 3. The van der Waals surface area contributed by atoms with Gasteiger partial charge in [-0.1, -0.05) is 0 Å². The number of aryl methyl sites for hydroxylation is 2. The molecule has 1 saturated carbocycles. The molecule has 1 fully saturated rings. The molecular weight excluding hydrogens is 272 g/mol. The zero-order valence-corrected chi connectivity index (χ0v) is 12.0. The van der Waals surface area contributed by atoms with Gasteiger partial charge in [-0.2, -0.15) is 0 Å². The van der Waals surface area contributed by atoms with Gasteiger partial charge in [0.2, 0.25) is 0 Å². The highest BCUT2D eigenvalue weighted by molar-refractivity contribution is 5.92. The summed E-state index contributed by atoms with van der Waals surface area (Å²) >= 11 is 0. The number of imidazole rings is 1. The van der Waals surface area contributed by atoms with Crippen molar-refractivity contribution in [2.45, 2.75) is 44.9 Å². The van der Waals surface area contributed by atoms with Gasteiger partial charge in [-0.3, -0.25) is 4.79 Å². The van der Waals surface area contributed by atoms with Gasteiger partial charge in [0, 0.05) is 19.3 Å². The quantitative estimate of drug-likeness (QED) is 0.879. The zero-order chi connectivity index (χ0) is 15.0. The Hall–Kier alpha value is -2.15. The molecule has 2 N–H and O–H groups in total. The van der Waals surface area contributed by atoms with Gasteiger partial charge in [-0.15, -0.1) is 0 Å². The fourth-order valence-electron chi connectivity index (χ4n) is 2.87. The van der Waals surface area contributed by atoms with E-state index in [0.717, 1.165) is 12.2 Å². The predicted octanol–water partition coefficient (Wildman–Crippen LogP) is 0.982. The maximum absolute atomic E-state index is 12.1. The number of hydrogen-bond donors (Lipinski definition) is 2. The Morgan fingerprint density at radius 2 is 2.29 bits per heavy atom. The van der Waals surface area contributed by atoms with Crippen LogP contribution in [0.15, 0.2) is 23.1 Å². The van der Waals surface area contributed by atoms with Crippen LogP contribution in [-0.4, -0.2) is 37.7 Å². The largest absolute Gasteiger partial charge is 0.448 e. The molecule has 7 heteroatoms. The molecule has 2 aromatic heterocycles. The van der Waals surface area contributed by atoms with E-state index in [1.165, 1.54) is 6.26 Å². The Morgan fingerprint density at radius 1 is 1.48 bits per heavy atom. The summed E-state index contributed by atoms with van der Waals surface area (Å²) in [4.78, 5) is 20.2. The third-order valence-electron chi connectivity index (χ3n) is 3.97. The lowest BCUT2D eigenvalue weighted by Gasteiger charge is -2.22. The van der Waals surface area contributed by atoms with Crippen molar-refractivity contribution in [1.29, 1.82) is 0 Å². The molecule has 2 heterocycles. The normalized spacial score (nSPS) is 25.2. The molecule has 0 aromatic carbocycles. The Balaban J connectivity index is 1.68. The lowest BCUT2D eigenvalue weighted by atomic mass is 10.1. The molecule has 2 aromatic rings. The van der Waals surface area contributed by atoms with Crippen molar-refractivity contribution in [3.05, 3.63) is 36.1 Å². The number of carbonyl (C=O) groups is 1. The van der Waals surface area contributed by atoms with E-state index in [1.54, 1.807) is 13.1 Å². The van der Waals surface area contributed by atoms with Crippen LogP contribution < -0.4 is 5.32 Å². The molecule has 0 aliphatic heterocycles. The topological polar surface area (TPSA) is 93.2 Å². The number of hydrogen-bond acceptors (Lipinski definition) is 5. The summed E-state index contributed by atoms with van der Waals surface area (Å²) in [6.07, 6.45) is 5.76. The number of nitrogens with one attached hydrogen (secondary N) is 1. The Morgan fingerprint density at radius 3 is 2.90 bits per heavy atom. The van der Waals surface area contributed by atoms with Crippen LogP contribution in [0, 0.1) is 13.8 Å². The Labute approximate surface area is 122 Å². The maximum atomic E-state index is 12.1. The van der Waals surface area contributed by atoms with Crippen LogP contribution in [0.25, 0.3) is 0 Å². The van der Waals surface area contributed by atoms with E-state index in [0.29, 0.717) is 12.3 Å². The van der Waals surface area contributed by atoms with Gasteiger partial charge in [0.25, 0.3) is 5.91 Å². The molecule has 7 nitrogen and oxygen atoms in total. The van der Waals surface area contributed by atoms with Gasteiger partial charge in [0.05, 0.1) is 18.2 Å². The number of nitrogens with zero attached hydrogens (tertiary/aromatic N) is 3. The van der Waals surface area contributed by atoms with Crippen molar-refractivity contribution >= 4 is 5.91 Å². The smallest absolute Gasteiger partial charge is 0.273 e. The molecule has 0 saturated heterocycles. The average Bonchev–Trinajstić information content (AvgIpc) is 3.13. The molecule has 0 spiro atoms.